The van der Waals surface area contributed by atoms with Gasteiger partial charge in [-0.2, -0.15) is 0 Å². The van der Waals surface area contributed by atoms with E-state index >= 15 is 0 Å². The summed E-state index contributed by atoms with van der Waals surface area (Å²) in [5.74, 6) is 4.28. The number of hydrogen-bond acceptors (Lipinski definition) is 5. The molecule has 0 unspecified atom stereocenters. The molecule has 0 heterocycles. The van der Waals surface area contributed by atoms with E-state index in [0.717, 1.165) is 23.7 Å². The SMILES string of the molecule is COc1cc(CNC2C3CC4CC(C3)CC2C4)c([N+](=O)[O-])cc1OC. The first-order valence-corrected chi connectivity index (χ1v) is 9.21. The van der Waals surface area contributed by atoms with E-state index in [1.165, 1.54) is 45.3 Å². The fourth-order valence-electron chi connectivity index (χ4n) is 5.71. The molecule has 4 aliphatic carbocycles. The third kappa shape index (κ3) is 2.97. The molecule has 4 fully saturated rings. The van der Waals surface area contributed by atoms with Crippen LogP contribution in [-0.4, -0.2) is 25.2 Å². The molecule has 1 aromatic carbocycles. The lowest BCUT2D eigenvalue weighted by atomic mass is 9.54. The molecular weight excluding hydrogens is 320 g/mol. The number of rotatable bonds is 6. The summed E-state index contributed by atoms with van der Waals surface area (Å²) in [6.07, 6.45) is 6.76. The number of methoxy groups -OCH3 is 2. The van der Waals surface area contributed by atoms with Crippen molar-refractivity contribution in [3.63, 3.8) is 0 Å². The maximum atomic E-state index is 11.5. The van der Waals surface area contributed by atoms with Crippen molar-refractivity contribution < 1.29 is 14.4 Å². The molecule has 4 bridgehead atoms. The number of ether oxygens (including phenoxy) is 2. The van der Waals surface area contributed by atoms with E-state index < -0.39 is 0 Å². The van der Waals surface area contributed by atoms with Gasteiger partial charge in [0.2, 0.25) is 0 Å². The summed E-state index contributed by atoms with van der Waals surface area (Å²) in [5, 5.41) is 15.1. The van der Waals surface area contributed by atoms with Gasteiger partial charge in [-0.15, -0.1) is 0 Å². The number of benzene rings is 1. The normalized spacial score (nSPS) is 32.6. The van der Waals surface area contributed by atoms with Crippen LogP contribution in [-0.2, 0) is 6.54 Å². The van der Waals surface area contributed by atoms with Gasteiger partial charge in [0.25, 0.3) is 5.69 Å². The molecule has 0 aliphatic heterocycles. The van der Waals surface area contributed by atoms with Crippen LogP contribution in [0.3, 0.4) is 0 Å². The van der Waals surface area contributed by atoms with Gasteiger partial charge in [0.05, 0.1) is 25.2 Å². The average Bonchev–Trinajstić information content (AvgIpc) is 2.59. The lowest BCUT2D eigenvalue weighted by Gasteiger charge is -2.54. The zero-order valence-electron chi connectivity index (χ0n) is 14.9. The third-order valence-electron chi connectivity index (χ3n) is 6.54. The quantitative estimate of drug-likeness (QED) is 0.630. The van der Waals surface area contributed by atoms with Crippen LogP contribution >= 0.6 is 0 Å². The van der Waals surface area contributed by atoms with Crippen molar-refractivity contribution >= 4 is 5.69 Å². The number of nitrogens with zero attached hydrogens (tertiary/aromatic N) is 1. The zero-order valence-corrected chi connectivity index (χ0v) is 14.9. The Morgan fingerprint density at radius 1 is 1.04 bits per heavy atom. The molecule has 4 saturated carbocycles. The molecule has 0 atom stereocenters. The van der Waals surface area contributed by atoms with Crippen LogP contribution in [0.5, 0.6) is 11.5 Å². The van der Waals surface area contributed by atoms with Crippen LogP contribution in [0.15, 0.2) is 12.1 Å². The van der Waals surface area contributed by atoms with Crippen molar-refractivity contribution in [2.24, 2.45) is 23.7 Å². The van der Waals surface area contributed by atoms with Gasteiger partial charge >= 0.3 is 0 Å². The Balaban J connectivity index is 1.53. The molecule has 5 rings (SSSR count). The van der Waals surface area contributed by atoms with Crippen molar-refractivity contribution in [3.05, 3.63) is 27.8 Å². The predicted octanol–water partition coefficient (Wildman–Crippen LogP) is 3.53. The highest BCUT2D eigenvalue weighted by atomic mass is 16.6. The monoisotopic (exact) mass is 346 g/mol. The highest BCUT2D eigenvalue weighted by molar-refractivity contribution is 5.54. The minimum Gasteiger partial charge on any atom is -0.493 e. The number of nitro benzene ring substituents is 1. The maximum absolute atomic E-state index is 11.5. The van der Waals surface area contributed by atoms with E-state index in [9.17, 15) is 10.1 Å². The molecule has 0 aromatic heterocycles. The Labute approximate surface area is 148 Å². The summed E-state index contributed by atoms with van der Waals surface area (Å²) in [6.45, 7) is 0.504. The third-order valence-corrected chi connectivity index (χ3v) is 6.54. The van der Waals surface area contributed by atoms with Crippen molar-refractivity contribution in [2.45, 2.75) is 44.7 Å². The molecule has 0 saturated heterocycles. The summed E-state index contributed by atoms with van der Waals surface area (Å²) in [5.41, 5.74) is 0.755. The van der Waals surface area contributed by atoms with Crippen molar-refractivity contribution in [1.29, 1.82) is 0 Å². The summed E-state index contributed by atoms with van der Waals surface area (Å²) in [7, 11) is 3.05. The molecular formula is C19H26N2O4. The Bertz CT molecular complexity index is 648. The second-order valence-corrected chi connectivity index (χ2v) is 7.93. The maximum Gasteiger partial charge on any atom is 0.277 e. The van der Waals surface area contributed by atoms with Crippen LogP contribution in [0.1, 0.15) is 37.7 Å². The minimum atomic E-state index is -0.337. The van der Waals surface area contributed by atoms with E-state index in [0.29, 0.717) is 29.6 Å². The van der Waals surface area contributed by atoms with E-state index in [1.807, 2.05) is 0 Å². The van der Waals surface area contributed by atoms with E-state index in [2.05, 4.69) is 5.32 Å². The van der Waals surface area contributed by atoms with Gasteiger partial charge in [-0.1, -0.05) is 0 Å². The second kappa shape index (κ2) is 6.48. The number of hydrogen-bond donors (Lipinski definition) is 1. The van der Waals surface area contributed by atoms with Crippen LogP contribution < -0.4 is 14.8 Å². The topological polar surface area (TPSA) is 73.6 Å². The number of nitro groups is 1. The van der Waals surface area contributed by atoms with Crippen LogP contribution in [0, 0.1) is 33.8 Å². The molecule has 1 N–H and O–H groups in total. The van der Waals surface area contributed by atoms with Crippen molar-refractivity contribution in [2.75, 3.05) is 14.2 Å². The average molecular weight is 346 g/mol. The largest absolute Gasteiger partial charge is 0.493 e. The highest BCUT2D eigenvalue weighted by Crippen LogP contribution is 2.53. The molecule has 4 aliphatic rings. The fraction of sp³-hybridized carbons (Fsp3) is 0.684. The van der Waals surface area contributed by atoms with Crippen LogP contribution in [0.25, 0.3) is 0 Å². The first-order chi connectivity index (χ1) is 12.1. The molecule has 25 heavy (non-hydrogen) atoms. The summed E-state index contributed by atoms with van der Waals surface area (Å²) < 4.78 is 10.5. The smallest absolute Gasteiger partial charge is 0.277 e. The van der Waals surface area contributed by atoms with E-state index in [-0.39, 0.29) is 10.6 Å². The molecule has 0 radical (unpaired) electrons. The standard InChI is InChI=1S/C19H26N2O4/c1-24-17-8-15(16(21(22)23)9-18(17)25-2)10-20-19-13-4-11-3-12(6-13)7-14(19)5-11/h8-9,11-14,19-20H,3-7,10H2,1-2H3. The Hall–Kier alpha value is -1.82. The minimum absolute atomic E-state index is 0.0916. The van der Waals surface area contributed by atoms with Crippen molar-refractivity contribution in [3.8, 4) is 11.5 Å². The van der Waals surface area contributed by atoms with E-state index in [1.54, 1.807) is 13.2 Å². The van der Waals surface area contributed by atoms with Crippen LogP contribution in [0.2, 0.25) is 0 Å². The summed E-state index contributed by atoms with van der Waals surface area (Å²) >= 11 is 0. The van der Waals surface area contributed by atoms with Gasteiger partial charge in [-0.05, 0) is 61.8 Å². The molecule has 0 amide bonds. The van der Waals surface area contributed by atoms with Gasteiger partial charge in [-0.25, -0.2) is 0 Å². The van der Waals surface area contributed by atoms with E-state index in [4.69, 9.17) is 9.47 Å². The summed E-state index contributed by atoms with van der Waals surface area (Å²) in [4.78, 5) is 11.1. The molecule has 0 spiro atoms. The van der Waals surface area contributed by atoms with Gasteiger partial charge in [0.1, 0.15) is 0 Å². The lowest BCUT2D eigenvalue weighted by molar-refractivity contribution is -0.385. The molecule has 136 valence electrons. The zero-order chi connectivity index (χ0) is 17.6. The summed E-state index contributed by atoms with van der Waals surface area (Å²) in [6, 6.07) is 3.70. The lowest BCUT2D eigenvalue weighted by Crippen LogP contribution is -2.54. The number of nitrogens with one attached hydrogen (secondary N) is 1. The molecule has 6 nitrogen and oxygen atoms in total. The Kier molecular flexibility index (Phi) is 4.31. The second-order valence-electron chi connectivity index (χ2n) is 7.93. The molecule has 6 heteroatoms. The van der Waals surface area contributed by atoms with Crippen LogP contribution in [0.4, 0.5) is 5.69 Å². The Morgan fingerprint density at radius 2 is 1.60 bits per heavy atom. The highest BCUT2D eigenvalue weighted by Gasteiger charge is 2.47. The van der Waals surface area contributed by atoms with Crippen molar-refractivity contribution in [1.82, 2.24) is 5.32 Å². The Morgan fingerprint density at radius 3 is 2.12 bits per heavy atom. The fourth-order valence-corrected chi connectivity index (χ4v) is 5.71. The molecule has 1 aromatic rings. The predicted molar refractivity (Wildman–Crippen MR) is 93.9 cm³/mol. The first kappa shape index (κ1) is 16.6. The van der Waals surface area contributed by atoms with Gasteiger partial charge in [0, 0.05) is 18.2 Å². The van der Waals surface area contributed by atoms with Gasteiger partial charge < -0.3 is 14.8 Å². The van der Waals surface area contributed by atoms with Gasteiger partial charge in [0.15, 0.2) is 11.5 Å². The first-order valence-electron chi connectivity index (χ1n) is 9.21. The van der Waals surface area contributed by atoms with Gasteiger partial charge in [-0.3, -0.25) is 10.1 Å².